The maximum atomic E-state index is 13.1. The number of carbonyl (C=O) groups excluding carboxylic acids is 3. The highest BCUT2D eigenvalue weighted by Crippen LogP contribution is 2.38. The van der Waals surface area contributed by atoms with E-state index < -0.39 is 34.5 Å². The van der Waals surface area contributed by atoms with Gasteiger partial charge in [-0.05, 0) is 31.0 Å². The molecule has 2 N–H and O–H groups in total. The average molecular weight is 418 g/mol. The minimum absolute atomic E-state index is 0.00629. The number of primary amides is 1. The van der Waals surface area contributed by atoms with E-state index in [2.05, 4.69) is 0 Å². The first-order chi connectivity index (χ1) is 13.1. The Morgan fingerprint density at radius 1 is 1.14 bits per heavy atom. The van der Waals surface area contributed by atoms with Crippen LogP contribution in [0.1, 0.15) is 24.8 Å². The molecule has 0 saturated carbocycles. The number of nitrogens with two attached hydrogens (primary N) is 1. The summed E-state index contributed by atoms with van der Waals surface area (Å²) in [5.41, 5.74) is 4.32. The zero-order chi connectivity index (χ0) is 20.6. The Bertz CT molecular complexity index is 807. The van der Waals surface area contributed by atoms with Crippen LogP contribution in [0.2, 0.25) is 5.02 Å². The molecule has 6 nitrogen and oxygen atoms in total. The molecule has 3 amide bonds. The van der Waals surface area contributed by atoms with Gasteiger partial charge in [-0.25, -0.2) is 0 Å². The molecule has 0 aromatic heterocycles. The number of hydrogen-bond acceptors (Lipinski definition) is 3. The van der Waals surface area contributed by atoms with Crippen LogP contribution in [0.5, 0.6) is 0 Å². The first-order valence-electron chi connectivity index (χ1n) is 8.83. The molecule has 2 aliphatic rings. The zero-order valence-electron chi connectivity index (χ0n) is 14.8. The van der Waals surface area contributed by atoms with E-state index in [-0.39, 0.29) is 30.5 Å². The van der Waals surface area contributed by atoms with Gasteiger partial charge in [-0.1, -0.05) is 11.6 Å². The summed E-state index contributed by atoms with van der Waals surface area (Å²) >= 11 is 5.62. The molecule has 2 aliphatic heterocycles. The van der Waals surface area contributed by atoms with Crippen LogP contribution in [0.3, 0.4) is 0 Å². The van der Waals surface area contributed by atoms with E-state index in [9.17, 15) is 27.6 Å². The van der Waals surface area contributed by atoms with Gasteiger partial charge in [0.15, 0.2) is 0 Å². The summed E-state index contributed by atoms with van der Waals surface area (Å²) < 4.78 is 39.2. The molecule has 152 valence electrons. The first kappa shape index (κ1) is 20.4. The second kappa shape index (κ2) is 7.62. The van der Waals surface area contributed by atoms with Crippen molar-refractivity contribution in [2.45, 2.75) is 25.4 Å². The van der Waals surface area contributed by atoms with Gasteiger partial charge in [0, 0.05) is 37.7 Å². The third-order valence-corrected chi connectivity index (χ3v) is 5.58. The van der Waals surface area contributed by atoms with Crippen LogP contribution in [-0.2, 0) is 20.6 Å². The Labute approximate surface area is 164 Å². The molecule has 2 heterocycles. The number of anilines is 1. The molecule has 10 heteroatoms. The largest absolute Gasteiger partial charge is 0.417 e. The minimum Gasteiger partial charge on any atom is -0.369 e. The topological polar surface area (TPSA) is 83.7 Å². The Hall–Kier alpha value is -2.29. The van der Waals surface area contributed by atoms with Crippen molar-refractivity contribution in [2.75, 3.05) is 24.5 Å². The Kier molecular flexibility index (Phi) is 5.56. The summed E-state index contributed by atoms with van der Waals surface area (Å²) in [5.74, 6) is -1.94. The maximum Gasteiger partial charge on any atom is 0.417 e. The number of piperidine rings is 1. The van der Waals surface area contributed by atoms with E-state index in [0.717, 1.165) is 12.1 Å². The van der Waals surface area contributed by atoms with Crippen molar-refractivity contribution < 1.29 is 27.6 Å². The fourth-order valence-corrected chi connectivity index (χ4v) is 3.89. The van der Waals surface area contributed by atoms with Gasteiger partial charge < -0.3 is 15.5 Å². The van der Waals surface area contributed by atoms with Crippen LogP contribution < -0.4 is 10.6 Å². The van der Waals surface area contributed by atoms with Crippen molar-refractivity contribution in [3.05, 3.63) is 28.8 Å². The van der Waals surface area contributed by atoms with Crippen LogP contribution in [0.25, 0.3) is 0 Å². The first-order valence-corrected chi connectivity index (χ1v) is 9.21. The number of carbonyl (C=O) groups is 3. The van der Waals surface area contributed by atoms with Crippen LogP contribution in [0.4, 0.5) is 18.9 Å². The van der Waals surface area contributed by atoms with E-state index >= 15 is 0 Å². The van der Waals surface area contributed by atoms with E-state index in [0.29, 0.717) is 25.9 Å². The van der Waals surface area contributed by atoms with Crippen molar-refractivity contribution >= 4 is 35.0 Å². The third-order valence-electron chi connectivity index (χ3n) is 5.25. The monoisotopic (exact) mass is 417 g/mol. The van der Waals surface area contributed by atoms with Gasteiger partial charge in [0.05, 0.1) is 16.5 Å². The van der Waals surface area contributed by atoms with Gasteiger partial charge in [-0.3, -0.25) is 14.4 Å². The Morgan fingerprint density at radius 3 is 2.36 bits per heavy atom. The number of nitrogens with zero attached hydrogens (tertiary/aromatic N) is 2. The van der Waals surface area contributed by atoms with E-state index in [1.807, 2.05) is 0 Å². The van der Waals surface area contributed by atoms with Crippen LogP contribution >= 0.6 is 11.6 Å². The number of alkyl halides is 3. The molecular formula is C18H19ClF3N3O3. The van der Waals surface area contributed by atoms with Crippen LogP contribution in [0.15, 0.2) is 18.2 Å². The fourth-order valence-electron chi connectivity index (χ4n) is 3.66. The van der Waals surface area contributed by atoms with Crippen molar-refractivity contribution in [3.63, 3.8) is 0 Å². The molecule has 2 fully saturated rings. The van der Waals surface area contributed by atoms with E-state index in [1.54, 1.807) is 4.90 Å². The second-order valence-corrected chi connectivity index (χ2v) is 7.48. The predicted molar refractivity (Wildman–Crippen MR) is 95.4 cm³/mol. The molecule has 0 spiro atoms. The minimum atomic E-state index is -4.64. The number of likely N-dealkylation sites (tertiary alicyclic amines) is 1. The van der Waals surface area contributed by atoms with Gasteiger partial charge in [-0.15, -0.1) is 0 Å². The number of hydrogen-bond donors (Lipinski definition) is 1. The van der Waals surface area contributed by atoms with Crippen molar-refractivity contribution in [3.8, 4) is 0 Å². The predicted octanol–water partition coefficient (Wildman–Crippen LogP) is 2.44. The molecule has 0 radical (unpaired) electrons. The summed E-state index contributed by atoms with van der Waals surface area (Å²) in [6.45, 7) is 0.749. The van der Waals surface area contributed by atoms with Crippen molar-refractivity contribution in [1.82, 2.24) is 4.90 Å². The maximum absolute atomic E-state index is 13.1. The highest BCUT2D eigenvalue weighted by atomic mass is 35.5. The lowest BCUT2D eigenvalue weighted by atomic mass is 9.95. The molecular weight excluding hydrogens is 399 g/mol. The van der Waals surface area contributed by atoms with E-state index in [1.165, 1.54) is 11.0 Å². The van der Waals surface area contributed by atoms with Gasteiger partial charge in [0.2, 0.25) is 17.7 Å². The molecule has 0 unspecified atom stereocenters. The van der Waals surface area contributed by atoms with Gasteiger partial charge in [0.1, 0.15) is 0 Å². The summed E-state index contributed by atoms with van der Waals surface area (Å²) in [6.07, 6.45) is -3.77. The summed E-state index contributed by atoms with van der Waals surface area (Å²) in [4.78, 5) is 39.1. The number of amides is 3. The van der Waals surface area contributed by atoms with E-state index in [4.69, 9.17) is 17.3 Å². The number of rotatable bonds is 3. The molecule has 1 aromatic carbocycles. The molecule has 0 bridgehead atoms. The smallest absolute Gasteiger partial charge is 0.369 e. The quantitative estimate of drug-likeness (QED) is 0.819. The fraction of sp³-hybridized carbons (Fsp3) is 0.500. The number of benzene rings is 1. The molecule has 2 saturated heterocycles. The van der Waals surface area contributed by atoms with Gasteiger partial charge in [-0.2, -0.15) is 13.2 Å². The lowest BCUT2D eigenvalue weighted by molar-refractivity contribution is -0.138. The standard InChI is InChI=1S/C18H19ClF3N3O3/c19-14-2-1-12(8-13(14)18(20,21)22)25-9-11(7-15(25)26)17(28)24-5-3-10(4-6-24)16(23)27/h1-2,8,10-11H,3-7,9H2,(H2,23,27)/t11-/m1/s1. The summed E-state index contributed by atoms with van der Waals surface area (Å²) in [5, 5.41) is -0.451. The summed E-state index contributed by atoms with van der Waals surface area (Å²) in [7, 11) is 0. The van der Waals surface area contributed by atoms with Gasteiger partial charge in [0.25, 0.3) is 0 Å². The molecule has 1 atom stereocenters. The van der Waals surface area contributed by atoms with Crippen LogP contribution in [0, 0.1) is 11.8 Å². The molecule has 3 rings (SSSR count). The molecule has 1 aromatic rings. The lowest BCUT2D eigenvalue weighted by Gasteiger charge is -2.32. The lowest BCUT2D eigenvalue weighted by Crippen LogP contribution is -2.44. The van der Waals surface area contributed by atoms with Crippen LogP contribution in [-0.4, -0.2) is 42.3 Å². The third kappa shape index (κ3) is 4.09. The zero-order valence-corrected chi connectivity index (χ0v) is 15.6. The Balaban J connectivity index is 1.70. The van der Waals surface area contributed by atoms with Crippen molar-refractivity contribution in [2.24, 2.45) is 17.6 Å². The van der Waals surface area contributed by atoms with Crippen molar-refractivity contribution in [1.29, 1.82) is 0 Å². The second-order valence-electron chi connectivity index (χ2n) is 7.07. The highest BCUT2D eigenvalue weighted by molar-refractivity contribution is 6.31. The summed E-state index contributed by atoms with van der Waals surface area (Å²) in [6, 6.07) is 3.25. The molecule has 0 aliphatic carbocycles. The Morgan fingerprint density at radius 2 is 1.79 bits per heavy atom. The highest BCUT2D eigenvalue weighted by Gasteiger charge is 2.40. The van der Waals surface area contributed by atoms with Gasteiger partial charge >= 0.3 is 6.18 Å². The normalized spacial score (nSPS) is 21.3. The average Bonchev–Trinajstić information content (AvgIpc) is 3.02. The molecule has 28 heavy (non-hydrogen) atoms. The number of halogens is 4. The SMILES string of the molecule is NC(=O)C1CCN(C(=O)[C@@H]2CC(=O)N(c3ccc(Cl)c(C(F)(F)F)c3)C2)CC1.